The first-order valence-electron chi connectivity index (χ1n) is 15.7. The van der Waals surface area contributed by atoms with E-state index < -0.39 is 45.1 Å². The normalized spacial score (nSPS) is 27.6. The molecule has 0 spiro atoms. The molecule has 0 aromatic heterocycles. The molecule has 238 valence electrons. The van der Waals surface area contributed by atoms with Crippen molar-refractivity contribution in [2.75, 3.05) is 19.8 Å². The van der Waals surface area contributed by atoms with Crippen LogP contribution >= 0.6 is 0 Å². The summed E-state index contributed by atoms with van der Waals surface area (Å²) in [5, 5.41) is 0.192. The summed E-state index contributed by atoms with van der Waals surface area (Å²) in [6.07, 6.45) is 0.661. The number of rotatable bonds is 16. The van der Waals surface area contributed by atoms with E-state index in [-0.39, 0.29) is 11.1 Å². The van der Waals surface area contributed by atoms with Crippen LogP contribution in [0.1, 0.15) is 51.7 Å². The summed E-state index contributed by atoms with van der Waals surface area (Å²) in [6.45, 7) is 19.7. The van der Waals surface area contributed by atoms with Crippen LogP contribution in [0.5, 0.6) is 0 Å². The van der Waals surface area contributed by atoms with Crippen molar-refractivity contribution >= 4 is 8.32 Å². The number of fused-ring (bicyclic) bond motifs is 2. The summed E-state index contributed by atoms with van der Waals surface area (Å²) < 4.78 is 45.4. The summed E-state index contributed by atoms with van der Waals surface area (Å²) in [5.41, 5.74) is 2.16. The average Bonchev–Trinajstić information content (AvgIpc) is 2.98. The smallest absolute Gasteiger partial charge is 0.191 e. The van der Waals surface area contributed by atoms with Gasteiger partial charge in [-0.3, -0.25) is 0 Å². The van der Waals surface area contributed by atoms with Gasteiger partial charge in [-0.15, -0.1) is 6.58 Å². The molecule has 4 rings (SSSR count). The van der Waals surface area contributed by atoms with Gasteiger partial charge in [-0.2, -0.15) is 0 Å². The van der Waals surface area contributed by atoms with Crippen molar-refractivity contribution in [2.24, 2.45) is 0 Å². The van der Waals surface area contributed by atoms with Gasteiger partial charge in [0.1, 0.15) is 36.6 Å². The van der Waals surface area contributed by atoms with Crippen molar-refractivity contribution in [2.45, 2.75) is 115 Å². The van der Waals surface area contributed by atoms with Gasteiger partial charge < -0.3 is 32.8 Å². The Morgan fingerprint density at radius 3 is 1.77 bits per heavy atom. The maximum Gasteiger partial charge on any atom is 0.191 e. The van der Waals surface area contributed by atoms with E-state index in [1.807, 2.05) is 43.3 Å². The van der Waals surface area contributed by atoms with Gasteiger partial charge in [-0.05, 0) is 49.0 Å². The van der Waals surface area contributed by atoms with Gasteiger partial charge in [-0.25, -0.2) is 0 Å². The molecule has 0 N–H and O–H groups in total. The van der Waals surface area contributed by atoms with Crippen LogP contribution < -0.4 is 0 Å². The number of hydrogen-bond acceptors (Lipinski definition) is 7. The molecule has 0 amide bonds. The molecular weight excluding hydrogens is 560 g/mol. The Labute approximate surface area is 259 Å². The highest BCUT2D eigenvalue weighted by molar-refractivity contribution is 6.74. The fourth-order valence-electron chi connectivity index (χ4n) is 5.34. The van der Waals surface area contributed by atoms with Crippen LogP contribution in [0.4, 0.5) is 0 Å². The van der Waals surface area contributed by atoms with Gasteiger partial charge in [0.25, 0.3) is 0 Å². The molecule has 2 fully saturated rings. The van der Waals surface area contributed by atoms with Crippen LogP contribution in [0, 0.1) is 0 Å². The molecule has 1 saturated carbocycles. The summed E-state index contributed by atoms with van der Waals surface area (Å²) in [7, 11) is -1.78. The molecule has 1 aliphatic heterocycles. The van der Waals surface area contributed by atoms with Gasteiger partial charge in [0, 0.05) is 13.2 Å². The van der Waals surface area contributed by atoms with Crippen molar-refractivity contribution < 1.29 is 32.8 Å². The third-order valence-corrected chi connectivity index (χ3v) is 13.3. The minimum atomic E-state index is -1.78. The molecule has 1 saturated heterocycles. The minimum absolute atomic E-state index is 0.192. The summed E-state index contributed by atoms with van der Waals surface area (Å²) >= 11 is 0. The highest BCUT2D eigenvalue weighted by Gasteiger charge is 2.58. The number of ether oxygens (including phenoxy) is 6. The Morgan fingerprint density at radius 2 is 1.23 bits per heavy atom. The van der Waals surface area contributed by atoms with Gasteiger partial charge >= 0.3 is 0 Å². The van der Waals surface area contributed by atoms with Crippen LogP contribution in [-0.4, -0.2) is 71.1 Å². The van der Waals surface area contributed by atoms with E-state index in [1.54, 1.807) is 6.08 Å². The SMILES string of the molecule is C=CCO[C@@H]1[C@H]2OC(C)O[C@@H]1[C@H](OCCCCO[Si](C)(C)C(C)(C)C)[C@H](OCc1ccccc1)[C@H]2OCc1ccccc1. The van der Waals surface area contributed by atoms with Crippen molar-refractivity contribution in [3.63, 3.8) is 0 Å². The first-order chi connectivity index (χ1) is 20.6. The zero-order valence-electron chi connectivity index (χ0n) is 26.9. The Balaban J connectivity index is 1.52. The molecule has 8 heteroatoms. The first kappa shape index (κ1) is 34.0. The summed E-state index contributed by atoms with van der Waals surface area (Å²) in [4.78, 5) is 0. The molecule has 1 heterocycles. The Morgan fingerprint density at radius 1 is 0.721 bits per heavy atom. The standard InChI is InChI=1S/C35H52O7Si/c1-8-21-36-32-33-30(37-22-15-16-23-40-43(6,7)35(3,4)5)29(38-24-27-17-11-9-12-18-27)31(34(32)42-26(2)41-33)39-25-28-19-13-10-14-20-28/h8-14,17-20,26,29-34H,1,15-16,21-25H2,2-7H3/t26?,29-,30+,31+,32-,33+,34-/m0/s1. The van der Waals surface area contributed by atoms with Crippen LogP contribution in [0.3, 0.4) is 0 Å². The first-order valence-corrected chi connectivity index (χ1v) is 18.6. The van der Waals surface area contributed by atoms with Crippen molar-refractivity contribution in [3.05, 3.63) is 84.4 Å². The number of benzene rings is 2. The van der Waals surface area contributed by atoms with E-state index in [0.29, 0.717) is 26.4 Å². The molecule has 2 aliphatic rings. The highest BCUT2D eigenvalue weighted by Crippen LogP contribution is 2.39. The average molecular weight is 613 g/mol. The van der Waals surface area contributed by atoms with E-state index in [1.165, 1.54) is 0 Å². The fraction of sp³-hybridized carbons (Fsp3) is 0.600. The molecule has 2 bridgehead atoms. The Hall–Kier alpha value is -1.88. The Kier molecular flexibility index (Phi) is 12.6. The fourth-order valence-corrected chi connectivity index (χ4v) is 6.43. The third kappa shape index (κ3) is 9.31. The zero-order chi connectivity index (χ0) is 30.9. The molecule has 7 atom stereocenters. The van der Waals surface area contributed by atoms with Crippen LogP contribution in [0.25, 0.3) is 0 Å². The van der Waals surface area contributed by atoms with Gasteiger partial charge in [-0.1, -0.05) is 87.5 Å². The molecule has 43 heavy (non-hydrogen) atoms. The van der Waals surface area contributed by atoms with Crippen LogP contribution in [-0.2, 0) is 46.1 Å². The molecular formula is C35H52O7Si. The van der Waals surface area contributed by atoms with Crippen molar-refractivity contribution in [1.29, 1.82) is 0 Å². The lowest BCUT2D eigenvalue weighted by molar-refractivity contribution is -0.366. The molecule has 2 aromatic carbocycles. The van der Waals surface area contributed by atoms with E-state index in [4.69, 9.17) is 32.8 Å². The third-order valence-electron chi connectivity index (χ3n) is 8.74. The van der Waals surface area contributed by atoms with E-state index in [0.717, 1.165) is 30.6 Å². The summed E-state index contributed by atoms with van der Waals surface area (Å²) in [5.74, 6) is 0. The maximum absolute atomic E-state index is 6.67. The van der Waals surface area contributed by atoms with E-state index in [9.17, 15) is 0 Å². The minimum Gasteiger partial charge on any atom is -0.417 e. The van der Waals surface area contributed by atoms with Crippen LogP contribution in [0.15, 0.2) is 73.3 Å². The molecule has 2 aromatic rings. The zero-order valence-corrected chi connectivity index (χ0v) is 27.9. The van der Waals surface area contributed by atoms with Gasteiger partial charge in [0.15, 0.2) is 14.6 Å². The quantitative estimate of drug-likeness (QED) is 0.114. The van der Waals surface area contributed by atoms with Crippen molar-refractivity contribution in [3.8, 4) is 0 Å². The second-order valence-electron chi connectivity index (χ2n) is 13.0. The molecule has 1 aliphatic carbocycles. The summed E-state index contributed by atoms with van der Waals surface area (Å²) in [6, 6.07) is 20.3. The molecule has 1 unspecified atom stereocenters. The number of unbranched alkanes of at least 4 members (excludes halogenated alkanes) is 1. The van der Waals surface area contributed by atoms with Crippen LogP contribution in [0.2, 0.25) is 18.1 Å². The van der Waals surface area contributed by atoms with Gasteiger partial charge in [0.05, 0.1) is 19.8 Å². The second kappa shape index (κ2) is 15.9. The predicted molar refractivity (Wildman–Crippen MR) is 171 cm³/mol. The lowest BCUT2D eigenvalue weighted by Crippen LogP contribution is -2.71. The molecule has 7 nitrogen and oxygen atoms in total. The van der Waals surface area contributed by atoms with E-state index >= 15 is 0 Å². The van der Waals surface area contributed by atoms with Gasteiger partial charge in [0.2, 0.25) is 0 Å². The predicted octanol–water partition coefficient (Wildman–Crippen LogP) is 7.06. The lowest BCUT2D eigenvalue weighted by atomic mass is 9.83. The van der Waals surface area contributed by atoms with E-state index in [2.05, 4.69) is 64.7 Å². The number of hydrogen-bond donors (Lipinski definition) is 0. The topological polar surface area (TPSA) is 64.6 Å². The Bertz CT molecular complexity index is 1090. The van der Waals surface area contributed by atoms with Crippen molar-refractivity contribution in [1.82, 2.24) is 0 Å². The largest absolute Gasteiger partial charge is 0.417 e. The highest BCUT2D eigenvalue weighted by atomic mass is 28.4. The lowest BCUT2D eigenvalue weighted by Gasteiger charge is -2.53. The second-order valence-corrected chi connectivity index (χ2v) is 17.8. The molecule has 0 radical (unpaired) electrons. The maximum atomic E-state index is 6.67. The monoisotopic (exact) mass is 612 g/mol.